The van der Waals surface area contributed by atoms with Crippen molar-refractivity contribution in [2.75, 3.05) is 6.54 Å². The van der Waals surface area contributed by atoms with Crippen molar-refractivity contribution in [1.82, 2.24) is 14.5 Å². The number of fused-ring (bicyclic) bond motifs is 1. The summed E-state index contributed by atoms with van der Waals surface area (Å²) in [5.41, 5.74) is 0. The first-order valence-electron chi connectivity index (χ1n) is 5.68. The highest BCUT2D eigenvalue weighted by molar-refractivity contribution is 5.89. The molecule has 1 aliphatic carbocycles. The van der Waals surface area contributed by atoms with Gasteiger partial charge in [0.1, 0.15) is 5.82 Å². The number of nitrogens with zero attached hydrogens (tertiary/aromatic N) is 3. The first-order valence-corrected chi connectivity index (χ1v) is 5.68. The molecule has 1 aromatic heterocycles. The second-order valence-electron chi connectivity index (χ2n) is 4.58. The SMILES string of the molecule is O=C(O)[C@H]1C[C@H]1C(=O)N1CCn2ccnc2C1. The number of aliphatic carboxylic acids is 1. The van der Waals surface area contributed by atoms with Crippen LogP contribution in [0.25, 0.3) is 0 Å². The van der Waals surface area contributed by atoms with Crippen LogP contribution in [0.1, 0.15) is 12.2 Å². The molecule has 0 spiro atoms. The number of aromatic nitrogens is 2. The fourth-order valence-electron chi connectivity index (χ4n) is 2.34. The highest BCUT2D eigenvalue weighted by atomic mass is 16.4. The van der Waals surface area contributed by atoms with Crippen molar-refractivity contribution in [3.63, 3.8) is 0 Å². The Hall–Kier alpha value is -1.85. The van der Waals surface area contributed by atoms with E-state index in [2.05, 4.69) is 4.98 Å². The van der Waals surface area contributed by atoms with E-state index < -0.39 is 11.9 Å². The molecule has 0 aromatic carbocycles. The lowest BCUT2D eigenvalue weighted by Crippen LogP contribution is -2.39. The number of carbonyl (C=O) groups is 2. The van der Waals surface area contributed by atoms with Gasteiger partial charge in [0.15, 0.2) is 0 Å². The van der Waals surface area contributed by atoms with Gasteiger partial charge < -0.3 is 14.6 Å². The third-order valence-electron chi connectivity index (χ3n) is 3.48. The summed E-state index contributed by atoms with van der Waals surface area (Å²) in [7, 11) is 0. The molecule has 17 heavy (non-hydrogen) atoms. The maximum atomic E-state index is 12.0. The van der Waals surface area contributed by atoms with Gasteiger partial charge in [-0.25, -0.2) is 4.98 Å². The predicted octanol–water partition coefficient (Wildman–Crippen LogP) is -0.0540. The fourth-order valence-corrected chi connectivity index (χ4v) is 2.34. The quantitative estimate of drug-likeness (QED) is 0.779. The van der Waals surface area contributed by atoms with Gasteiger partial charge in [-0.3, -0.25) is 9.59 Å². The lowest BCUT2D eigenvalue weighted by Gasteiger charge is -2.27. The molecule has 1 aromatic rings. The van der Waals surface area contributed by atoms with Gasteiger partial charge >= 0.3 is 5.97 Å². The van der Waals surface area contributed by atoms with Crippen LogP contribution in [-0.4, -0.2) is 38.0 Å². The van der Waals surface area contributed by atoms with Crippen LogP contribution in [0.2, 0.25) is 0 Å². The second kappa shape index (κ2) is 3.58. The van der Waals surface area contributed by atoms with Crippen LogP contribution in [0.3, 0.4) is 0 Å². The van der Waals surface area contributed by atoms with E-state index >= 15 is 0 Å². The van der Waals surface area contributed by atoms with E-state index in [1.807, 2.05) is 10.8 Å². The zero-order valence-corrected chi connectivity index (χ0v) is 9.24. The molecule has 6 nitrogen and oxygen atoms in total. The Morgan fingerprint density at radius 3 is 2.88 bits per heavy atom. The Morgan fingerprint density at radius 2 is 2.18 bits per heavy atom. The average Bonchev–Trinajstić information content (AvgIpc) is 2.99. The van der Waals surface area contributed by atoms with Crippen LogP contribution in [0.5, 0.6) is 0 Å². The Bertz CT molecular complexity index is 482. The molecule has 0 radical (unpaired) electrons. The summed E-state index contributed by atoms with van der Waals surface area (Å²) in [6.07, 6.45) is 4.11. The molecule has 0 bridgehead atoms. The summed E-state index contributed by atoms with van der Waals surface area (Å²) in [5.74, 6) is -0.802. The number of hydrogen-bond acceptors (Lipinski definition) is 3. The van der Waals surface area contributed by atoms with Gasteiger partial charge in [-0.2, -0.15) is 0 Å². The normalized spacial score (nSPS) is 26.5. The molecule has 6 heteroatoms. The van der Waals surface area contributed by atoms with Crippen molar-refractivity contribution in [3.05, 3.63) is 18.2 Å². The van der Waals surface area contributed by atoms with Crippen LogP contribution in [0.4, 0.5) is 0 Å². The Kier molecular flexibility index (Phi) is 2.17. The van der Waals surface area contributed by atoms with Gasteiger partial charge in [-0.15, -0.1) is 0 Å². The van der Waals surface area contributed by atoms with E-state index in [0.29, 0.717) is 19.5 Å². The maximum absolute atomic E-state index is 12.0. The first kappa shape index (κ1) is 10.3. The minimum absolute atomic E-state index is 0.0355. The standard InChI is InChI=1S/C11H13N3O3/c15-10(7-5-8(7)11(16)17)14-4-3-13-2-1-12-9(13)6-14/h1-2,7-8H,3-6H2,(H,16,17)/t7-,8+/m1/s1. The van der Waals surface area contributed by atoms with Crippen molar-refractivity contribution < 1.29 is 14.7 Å². The molecule has 2 aliphatic rings. The molecule has 1 N–H and O–H groups in total. The van der Waals surface area contributed by atoms with E-state index in [-0.39, 0.29) is 11.8 Å². The monoisotopic (exact) mass is 235 g/mol. The number of carbonyl (C=O) groups excluding carboxylic acids is 1. The smallest absolute Gasteiger partial charge is 0.307 e. The van der Waals surface area contributed by atoms with E-state index in [1.165, 1.54) is 0 Å². The summed E-state index contributed by atoms with van der Waals surface area (Å²) in [6.45, 7) is 1.88. The first-order chi connectivity index (χ1) is 8.16. The highest BCUT2D eigenvalue weighted by Gasteiger charge is 2.50. The fraction of sp³-hybridized carbons (Fsp3) is 0.545. The summed E-state index contributed by atoms with van der Waals surface area (Å²) in [6, 6.07) is 0. The molecule has 90 valence electrons. The van der Waals surface area contributed by atoms with Crippen LogP contribution in [-0.2, 0) is 22.7 Å². The molecule has 2 heterocycles. The summed E-state index contributed by atoms with van der Waals surface area (Å²) < 4.78 is 2.02. The largest absolute Gasteiger partial charge is 0.481 e. The van der Waals surface area contributed by atoms with Crippen molar-refractivity contribution in [3.8, 4) is 0 Å². The van der Waals surface area contributed by atoms with Crippen LogP contribution >= 0.6 is 0 Å². The molecule has 0 unspecified atom stereocenters. The van der Waals surface area contributed by atoms with E-state index in [0.717, 1.165) is 12.4 Å². The van der Waals surface area contributed by atoms with E-state index in [9.17, 15) is 9.59 Å². The van der Waals surface area contributed by atoms with E-state index in [4.69, 9.17) is 5.11 Å². The number of carboxylic acid groups (broad SMARTS) is 1. The topological polar surface area (TPSA) is 75.4 Å². The van der Waals surface area contributed by atoms with Crippen LogP contribution in [0.15, 0.2) is 12.4 Å². The van der Waals surface area contributed by atoms with Gasteiger partial charge in [-0.05, 0) is 6.42 Å². The molecule has 1 aliphatic heterocycles. The van der Waals surface area contributed by atoms with Gasteiger partial charge in [0.25, 0.3) is 0 Å². The second-order valence-corrected chi connectivity index (χ2v) is 4.58. The number of imidazole rings is 1. The Labute approximate surface area is 97.9 Å². The number of carboxylic acids is 1. The average molecular weight is 235 g/mol. The molecular weight excluding hydrogens is 222 g/mol. The van der Waals surface area contributed by atoms with Crippen molar-refractivity contribution >= 4 is 11.9 Å². The molecular formula is C11H13N3O3. The third kappa shape index (κ3) is 1.69. The Morgan fingerprint density at radius 1 is 1.35 bits per heavy atom. The van der Waals surface area contributed by atoms with Gasteiger partial charge in [0.2, 0.25) is 5.91 Å². The third-order valence-corrected chi connectivity index (χ3v) is 3.48. The zero-order valence-electron chi connectivity index (χ0n) is 9.24. The number of rotatable bonds is 2. The van der Waals surface area contributed by atoms with Gasteiger partial charge in [0.05, 0.1) is 18.4 Å². The summed E-state index contributed by atoms with van der Waals surface area (Å²) in [4.78, 5) is 28.7. The van der Waals surface area contributed by atoms with Crippen LogP contribution in [0, 0.1) is 11.8 Å². The lowest BCUT2D eigenvalue weighted by atomic mass is 10.2. The number of amides is 1. The molecule has 3 rings (SSSR count). The van der Waals surface area contributed by atoms with Crippen molar-refractivity contribution in [2.24, 2.45) is 11.8 Å². The maximum Gasteiger partial charge on any atom is 0.307 e. The van der Waals surface area contributed by atoms with Gasteiger partial charge in [0, 0.05) is 25.5 Å². The summed E-state index contributed by atoms with van der Waals surface area (Å²) in [5, 5.41) is 8.81. The Balaban J connectivity index is 1.68. The minimum atomic E-state index is -0.859. The highest BCUT2D eigenvalue weighted by Crippen LogP contribution is 2.40. The molecule has 0 saturated heterocycles. The van der Waals surface area contributed by atoms with E-state index in [1.54, 1.807) is 11.1 Å². The van der Waals surface area contributed by atoms with Crippen molar-refractivity contribution in [1.29, 1.82) is 0 Å². The van der Waals surface area contributed by atoms with Gasteiger partial charge in [-0.1, -0.05) is 0 Å². The predicted molar refractivity (Wildman–Crippen MR) is 56.9 cm³/mol. The summed E-state index contributed by atoms with van der Waals surface area (Å²) >= 11 is 0. The molecule has 1 fully saturated rings. The van der Waals surface area contributed by atoms with Crippen molar-refractivity contribution in [2.45, 2.75) is 19.5 Å². The minimum Gasteiger partial charge on any atom is -0.481 e. The zero-order chi connectivity index (χ0) is 12.0. The molecule has 1 amide bonds. The number of hydrogen-bond donors (Lipinski definition) is 1. The molecule has 2 atom stereocenters. The molecule has 1 saturated carbocycles. The lowest BCUT2D eigenvalue weighted by molar-refractivity contribution is -0.142. The van der Waals surface area contributed by atoms with Crippen LogP contribution < -0.4 is 0 Å².